The lowest BCUT2D eigenvalue weighted by Gasteiger charge is -2.19. The second-order valence-electron chi connectivity index (χ2n) is 7.05. The van der Waals surface area contributed by atoms with Gasteiger partial charge in [0.15, 0.2) is 5.16 Å². The van der Waals surface area contributed by atoms with Crippen LogP contribution in [0.1, 0.15) is 44.8 Å². The molecule has 1 unspecified atom stereocenters. The van der Waals surface area contributed by atoms with E-state index >= 15 is 0 Å². The number of carbonyl (C=O) groups excluding carboxylic acids is 1. The van der Waals surface area contributed by atoms with Gasteiger partial charge in [0, 0.05) is 11.1 Å². The van der Waals surface area contributed by atoms with Crippen LogP contribution in [0.4, 0.5) is 0 Å². The number of amides is 1. The number of carbonyl (C=O) groups is 1. The van der Waals surface area contributed by atoms with Gasteiger partial charge in [0.05, 0.1) is 22.7 Å². The number of halogens is 1. The Balaban J connectivity index is 1.77. The summed E-state index contributed by atoms with van der Waals surface area (Å²) < 4.78 is 1.65. The molecule has 0 spiro atoms. The number of aromatic nitrogens is 2. The molecule has 5 nitrogen and oxygen atoms in total. The Morgan fingerprint density at radius 2 is 1.86 bits per heavy atom. The monoisotopic (exact) mass is 429 g/mol. The van der Waals surface area contributed by atoms with Crippen molar-refractivity contribution in [2.24, 2.45) is 0 Å². The molecule has 0 aliphatic carbocycles. The van der Waals surface area contributed by atoms with E-state index in [0.29, 0.717) is 21.1 Å². The maximum atomic E-state index is 12.9. The second kappa shape index (κ2) is 9.46. The fraction of sp³-hybridized carbons (Fsp3) is 0.318. The number of nitrogens with zero attached hydrogens (tertiary/aromatic N) is 2. The number of nitrogens with one attached hydrogen (secondary N) is 1. The Labute approximate surface area is 179 Å². The van der Waals surface area contributed by atoms with Gasteiger partial charge in [0.25, 0.3) is 5.56 Å². The number of thioether (sulfide) groups is 1. The normalized spacial score (nSPS) is 12.3. The first kappa shape index (κ1) is 21.4. The zero-order valence-electron chi connectivity index (χ0n) is 16.7. The molecule has 0 aliphatic heterocycles. The number of hydrogen-bond donors (Lipinski definition) is 1. The molecule has 3 rings (SSSR count). The van der Waals surface area contributed by atoms with Crippen LogP contribution in [-0.2, 0) is 4.79 Å². The van der Waals surface area contributed by atoms with E-state index in [1.165, 1.54) is 11.8 Å². The predicted molar refractivity (Wildman–Crippen MR) is 120 cm³/mol. The fourth-order valence-corrected chi connectivity index (χ4v) is 4.23. The third kappa shape index (κ3) is 5.00. The summed E-state index contributed by atoms with van der Waals surface area (Å²) in [5.41, 5.74) is 1.57. The molecule has 0 aliphatic rings. The zero-order chi connectivity index (χ0) is 21.0. The Morgan fingerprint density at radius 1 is 1.17 bits per heavy atom. The first-order valence-electron chi connectivity index (χ1n) is 9.59. The Kier molecular flexibility index (Phi) is 6.98. The summed E-state index contributed by atoms with van der Waals surface area (Å²) in [5.74, 6) is 0.0798. The molecular weight excluding hydrogens is 406 g/mol. The van der Waals surface area contributed by atoms with Crippen molar-refractivity contribution in [1.29, 1.82) is 0 Å². The zero-order valence-corrected chi connectivity index (χ0v) is 18.3. The number of rotatable bonds is 7. The molecule has 1 atom stereocenters. The van der Waals surface area contributed by atoms with Crippen LogP contribution < -0.4 is 10.9 Å². The van der Waals surface area contributed by atoms with Gasteiger partial charge in [-0.1, -0.05) is 54.6 Å². The van der Waals surface area contributed by atoms with Gasteiger partial charge in [-0.15, -0.1) is 0 Å². The molecule has 3 aromatic rings. The van der Waals surface area contributed by atoms with E-state index < -0.39 is 0 Å². The Morgan fingerprint density at radius 3 is 2.52 bits per heavy atom. The molecule has 0 bridgehead atoms. The minimum atomic E-state index is -0.102. The summed E-state index contributed by atoms with van der Waals surface area (Å²) >= 11 is 7.23. The van der Waals surface area contributed by atoms with Crippen molar-refractivity contribution in [3.8, 4) is 0 Å². The van der Waals surface area contributed by atoms with Crippen LogP contribution in [0.3, 0.4) is 0 Å². The van der Waals surface area contributed by atoms with Gasteiger partial charge in [-0.2, -0.15) is 0 Å². The van der Waals surface area contributed by atoms with Crippen molar-refractivity contribution in [2.75, 3.05) is 5.75 Å². The van der Waals surface area contributed by atoms with Crippen LogP contribution in [0, 0.1) is 0 Å². The number of para-hydroxylation sites is 1. The summed E-state index contributed by atoms with van der Waals surface area (Å²) in [6, 6.07) is 14.6. The summed E-state index contributed by atoms with van der Waals surface area (Å²) in [6.45, 7) is 5.90. The number of benzene rings is 2. The van der Waals surface area contributed by atoms with Crippen LogP contribution in [0.5, 0.6) is 0 Å². The van der Waals surface area contributed by atoms with E-state index in [1.54, 1.807) is 10.6 Å². The molecule has 152 valence electrons. The van der Waals surface area contributed by atoms with Crippen molar-refractivity contribution in [1.82, 2.24) is 14.9 Å². The highest BCUT2D eigenvalue weighted by atomic mass is 35.5. The van der Waals surface area contributed by atoms with E-state index in [-0.39, 0.29) is 29.3 Å². The molecule has 1 aromatic heterocycles. The van der Waals surface area contributed by atoms with Crippen molar-refractivity contribution in [3.63, 3.8) is 0 Å². The quantitative estimate of drug-likeness (QED) is 0.424. The smallest absolute Gasteiger partial charge is 0.262 e. The Bertz CT molecular complexity index is 1060. The maximum absolute atomic E-state index is 12.9. The summed E-state index contributed by atoms with van der Waals surface area (Å²) in [5, 5.41) is 4.86. The van der Waals surface area contributed by atoms with Crippen molar-refractivity contribution in [2.45, 2.75) is 44.4 Å². The van der Waals surface area contributed by atoms with Crippen LogP contribution in [0.15, 0.2) is 58.5 Å². The molecular formula is C22H24ClN3O2S. The maximum Gasteiger partial charge on any atom is 0.262 e. The molecule has 0 saturated heterocycles. The second-order valence-corrected chi connectivity index (χ2v) is 8.43. The third-order valence-corrected chi connectivity index (χ3v) is 5.84. The van der Waals surface area contributed by atoms with Crippen molar-refractivity contribution < 1.29 is 4.79 Å². The van der Waals surface area contributed by atoms with Crippen LogP contribution in [0.25, 0.3) is 10.9 Å². The molecule has 1 heterocycles. The van der Waals surface area contributed by atoms with Crippen molar-refractivity contribution in [3.05, 3.63) is 69.5 Å². The van der Waals surface area contributed by atoms with Crippen LogP contribution in [-0.4, -0.2) is 21.2 Å². The Hall–Kier alpha value is -2.31. The van der Waals surface area contributed by atoms with Crippen LogP contribution in [0.2, 0.25) is 5.02 Å². The van der Waals surface area contributed by atoms with Crippen molar-refractivity contribution >= 4 is 40.2 Å². The minimum Gasteiger partial charge on any atom is -0.349 e. The highest BCUT2D eigenvalue weighted by Crippen LogP contribution is 2.22. The highest BCUT2D eigenvalue weighted by Gasteiger charge is 2.17. The molecule has 1 amide bonds. The molecule has 0 fully saturated rings. The summed E-state index contributed by atoms with van der Waals surface area (Å²) in [6.07, 6.45) is 0.767. The van der Waals surface area contributed by atoms with Gasteiger partial charge in [-0.25, -0.2) is 4.98 Å². The lowest BCUT2D eigenvalue weighted by atomic mass is 10.0. The lowest BCUT2D eigenvalue weighted by Crippen LogP contribution is -2.30. The molecule has 1 N–H and O–H groups in total. The van der Waals surface area contributed by atoms with Gasteiger partial charge >= 0.3 is 0 Å². The molecule has 2 aromatic carbocycles. The van der Waals surface area contributed by atoms with Gasteiger partial charge in [-0.3, -0.25) is 14.2 Å². The molecule has 29 heavy (non-hydrogen) atoms. The fourth-order valence-electron chi connectivity index (χ4n) is 3.17. The number of fused-ring (bicyclic) bond motifs is 1. The van der Waals surface area contributed by atoms with Gasteiger partial charge in [-0.05, 0) is 50.1 Å². The first-order valence-corrected chi connectivity index (χ1v) is 11.0. The van der Waals surface area contributed by atoms with E-state index in [9.17, 15) is 9.59 Å². The third-order valence-electron chi connectivity index (χ3n) is 4.64. The van der Waals surface area contributed by atoms with E-state index in [4.69, 9.17) is 11.6 Å². The average Bonchev–Trinajstić information content (AvgIpc) is 2.71. The van der Waals surface area contributed by atoms with E-state index in [0.717, 1.165) is 12.0 Å². The lowest BCUT2D eigenvalue weighted by molar-refractivity contribution is -0.119. The van der Waals surface area contributed by atoms with Crippen LogP contribution >= 0.6 is 23.4 Å². The number of hydrogen-bond acceptors (Lipinski definition) is 4. The van der Waals surface area contributed by atoms with Gasteiger partial charge in [0.1, 0.15) is 0 Å². The highest BCUT2D eigenvalue weighted by molar-refractivity contribution is 7.99. The van der Waals surface area contributed by atoms with Gasteiger partial charge < -0.3 is 5.32 Å². The topological polar surface area (TPSA) is 64.0 Å². The first-order chi connectivity index (χ1) is 13.9. The predicted octanol–water partition coefficient (Wildman–Crippen LogP) is 4.99. The SMILES string of the molecule is CCC(NC(=O)CSc1nc2ccccc2c(=O)n1C(C)C)c1ccc(Cl)cc1. The van der Waals surface area contributed by atoms with E-state index in [2.05, 4.69) is 10.3 Å². The molecule has 0 radical (unpaired) electrons. The minimum absolute atomic E-state index is 0.0531. The summed E-state index contributed by atoms with van der Waals surface area (Å²) in [4.78, 5) is 30.1. The summed E-state index contributed by atoms with van der Waals surface area (Å²) in [7, 11) is 0. The van der Waals surface area contributed by atoms with Gasteiger partial charge in [0.2, 0.25) is 5.91 Å². The average molecular weight is 430 g/mol. The largest absolute Gasteiger partial charge is 0.349 e. The van der Waals surface area contributed by atoms with E-state index in [1.807, 2.05) is 63.2 Å². The standard InChI is InChI=1S/C22H24ClN3O2S/c1-4-18(15-9-11-16(23)12-10-15)24-20(27)13-29-22-25-19-8-6-5-7-17(19)21(28)26(22)14(2)3/h5-12,14,18H,4,13H2,1-3H3,(H,24,27). The molecule has 0 saturated carbocycles. The molecule has 7 heteroatoms.